The number of rotatable bonds is 8. The van der Waals surface area contributed by atoms with Crippen LogP contribution in [-0.2, 0) is 19.4 Å². The van der Waals surface area contributed by atoms with Crippen molar-refractivity contribution in [3.63, 3.8) is 0 Å². The van der Waals surface area contributed by atoms with Crippen LogP contribution in [0, 0.1) is 0 Å². The number of nitrogens with one attached hydrogen (secondary N) is 1. The molecule has 0 saturated carbocycles. The number of aromatic nitrogens is 2. The van der Waals surface area contributed by atoms with Crippen molar-refractivity contribution in [3.05, 3.63) is 104 Å². The Morgan fingerprint density at radius 2 is 1.38 bits per heavy atom. The molecular weight excluding hydrogens is 364 g/mol. The Morgan fingerprint density at radius 1 is 0.862 bits per heavy atom. The number of nitrogens with two attached hydrogens (primary N) is 2. The molecule has 0 aliphatic carbocycles. The molecule has 1 aromatic heterocycles. The van der Waals surface area contributed by atoms with Crippen molar-refractivity contribution >= 4 is 0 Å². The van der Waals surface area contributed by atoms with E-state index in [9.17, 15) is 9.59 Å². The summed E-state index contributed by atoms with van der Waals surface area (Å²) in [5.41, 5.74) is 15.1. The fourth-order valence-corrected chi connectivity index (χ4v) is 3.54. The normalized spacial score (nSPS) is 13.2. The van der Waals surface area contributed by atoms with E-state index >= 15 is 0 Å². The van der Waals surface area contributed by atoms with Crippen molar-refractivity contribution in [3.8, 4) is 0 Å². The van der Waals surface area contributed by atoms with Gasteiger partial charge in [-0.1, -0.05) is 67.6 Å². The zero-order valence-electron chi connectivity index (χ0n) is 16.7. The Morgan fingerprint density at radius 3 is 1.90 bits per heavy atom. The maximum Gasteiger partial charge on any atom is 0.328 e. The minimum Gasteiger partial charge on any atom is -0.324 e. The second-order valence-electron chi connectivity index (χ2n) is 7.29. The Bertz CT molecular complexity index is 1040. The van der Waals surface area contributed by atoms with Gasteiger partial charge in [-0.25, -0.2) is 4.79 Å². The van der Waals surface area contributed by atoms with E-state index in [1.54, 1.807) is 0 Å². The molecule has 6 nitrogen and oxygen atoms in total. The van der Waals surface area contributed by atoms with Crippen LogP contribution >= 0.6 is 0 Å². The smallest absolute Gasteiger partial charge is 0.324 e. The summed E-state index contributed by atoms with van der Waals surface area (Å²) in [4.78, 5) is 28.5. The highest BCUT2D eigenvalue weighted by atomic mass is 16.2. The molecule has 0 spiro atoms. The molecule has 29 heavy (non-hydrogen) atoms. The molecule has 2 aromatic carbocycles. The molecule has 0 amide bonds. The van der Waals surface area contributed by atoms with E-state index < -0.39 is 5.69 Å². The largest absolute Gasteiger partial charge is 0.328 e. The minimum atomic E-state index is -0.399. The molecule has 3 rings (SSSR count). The maximum absolute atomic E-state index is 13.1. The van der Waals surface area contributed by atoms with Crippen molar-refractivity contribution in [2.24, 2.45) is 11.5 Å². The Labute approximate surface area is 170 Å². The van der Waals surface area contributed by atoms with Crippen molar-refractivity contribution in [1.82, 2.24) is 9.55 Å². The van der Waals surface area contributed by atoms with Crippen LogP contribution in [0.3, 0.4) is 0 Å². The van der Waals surface area contributed by atoms with Crippen molar-refractivity contribution in [1.29, 1.82) is 0 Å². The molecule has 2 atom stereocenters. The Kier molecular flexibility index (Phi) is 6.80. The summed E-state index contributed by atoms with van der Waals surface area (Å²) in [7, 11) is 0. The lowest BCUT2D eigenvalue weighted by atomic mass is 9.95. The number of nitrogens with zero attached hydrogens (tertiary/aromatic N) is 1. The van der Waals surface area contributed by atoms with Crippen LogP contribution < -0.4 is 22.7 Å². The predicted octanol–water partition coefficient (Wildman–Crippen LogP) is 2.43. The van der Waals surface area contributed by atoms with Crippen LogP contribution in [0.5, 0.6) is 0 Å². The second kappa shape index (κ2) is 9.49. The minimum absolute atomic E-state index is 0.280. The van der Waals surface area contributed by atoms with Gasteiger partial charge in [-0.05, 0) is 24.0 Å². The Balaban J connectivity index is 2.00. The molecule has 0 saturated heterocycles. The topological polar surface area (TPSA) is 107 Å². The van der Waals surface area contributed by atoms with Gasteiger partial charge in [0, 0.05) is 36.3 Å². The SMILES string of the molecule is CCCn1c(=O)[nH]c(CC(N)c2ccccc2)c(CC(N)c2ccccc2)c1=O. The van der Waals surface area contributed by atoms with Gasteiger partial charge in [-0.15, -0.1) is 0 Å². The number of hydrogen-bond acceptors (Lipinski definition) is 4. The fourth-order valence-electron chi connectivity index (χ4n) is 3.54. The first kappa shape index (κ1) is 20.8. The highest BCUT2D eigenvalue weighted by Crippen LogP contribution is 2.19. The van der Waals surface area contributed by atoms with Gasteiger partial charge in [0.15, 0.2) is 0 Å². The van der Waals surface area contributed by atoms with Gasteiger partial charge < -0.3 is 16.5 Å². The van der Waals surface area contributed by atoms with Crippen LogP contribution in [0.2, 0.25) is 0 Å². The van der Waals surface area contributed by atoms with Crippen LogP contribution in [0.1, 0.15) is 47.8 Å². The molecule has 5 N–H and O–H groups in total. The number of hydrogen-bond donors (Lipinski definition) is 3. The molecule has 6 heteroatoms. The van der Waals surface area contributed by atoms with E-state index in [0.29, 0.717) is 37.1 Å². The van der Waals surface area contributed by atoms with Gasteiger partial charge in [0.2, 0.25) is 0 Å². The van der Waals surface area contributed by atoms with Crippen molar-refractivity contribution < 1.29 is 0 Å². The molecule has 0 fully saturated rings. The zero-order chi connectivity index (χ0) is 20.8. The third-order valence-electron chi connectivity index (χ3n) is 5.12. The quantitative estimate of drug-likeness (QED) is 0.547. The number of aromatic amines is 1. The molecule has 3 aromatic rings. The monoisotopic (exact) mass is 392 g/mol. The summed E-state index contributed by atoms with van der Waals surface area (Å²) in [5, 5.41) is 0. The highest BCUT2D eigenvalue weighted by Gasteiger charge is 2.19. The fraction of sp³-hybridized carbons (Fsp3) is 0.304. The van der Waals surface area contributed by atoms with E-state index in [0.717, 1.165) is 11.1 Å². The summed E-state index contributed by atoms with van der Waals surface area (Å²) in [5.74, 6) is 0. The van der Waals surface area contributed by atoms with Gasteiger partial charge >= 0.3 is 5.69 Å². The van der Waals surface area contributed by atoms with E-state index in [1.165, 1.54) is 4.57 Å². The van der Waals surface area contributed by atoms with Crippen molar-refractivity contribution in [2.45, 2.75) is 44.8 Å². The first-order valence-electron chi connectivity index (χ1n) is 9.97. The average Bonchev–Trinajstić information content (AvgIpc) is 2.75. The van der Waals surface area contributed by atoms with Gasteiger partial charge in [0.25, 0.3) is 5.56 Å². The van der Waals surface area contributed by atoms with Crippen LogP contribution in [-0.4, -0.2) is 9.55 Å². The standard InChI is InChI=1S/C23H28N4O2/c1-2-13-27-22(28)18(14-19(24)16-9-5-3-6-10-16)21(26-23(27)29)15-20(25)17-11-7-4-8-12-17/h3-12,19-20H,2,13-15,24-25H2,1H3,(H,26,29). The van der Waals surface area contributed by atoms with Gasteiger partial charge in [-0.3, -0.25) is 9.36 Å². The molecule has 1 heterocycles. The predicted molar refractivity (Wildman–Crippen MR) is 116 cm³/mol. The van der Waals surface area contributed by atoms with E-state index in [2.05, 4.69) is 4.98 Å². The summed E-state index contributed by atoms with van der Waals surface area (Å²) < 4.78 is 1.25. The molecule has 0 bridgehead atoms. The summed E-state index contributed by atoms with van der Waals surface area (Å²) >= 11 is 0. The van der Waals surface area contributed by atoms with Gasteiger partial charge in [0.1, 0.15) is 0 Å². The number of H-pyrrole nitrogens is 1. The highest BCUT2D eigenvalue weighted by molar-refractivity contribution is 5.27. The lowest BCUT2D eigenvalue weighted by Crippen LogP contribution is -2.40. The zero-order valence-corrected chi connectivity index (χ0v) is 16.7. The molecule has 152 valence electrons. The third kappa shape index (κ3) is 4.91. The Hall–Kier alpha value is -2.96. The number of benzene rings is 2. The first-order valence-corrected chi connectivity index (χ1v) is 9.97. The van der Waals surface area contributed by atoms with Crippen LogP contribution in [0.4, 0.5) is 0 Å². The maximum atomic E-state index is 13.1. The summed E-state index contributed by atoms with van der Waals surface area (Å²) in [6.45, 7) is 2.30. The molecule has 0 radical (unpaired) electrons. The lowest BCUT2D eigenvalue weighted by Gasteiger charge is -2.18. The van der Waals surface area contributed by atoms with Crippen LogP contribution in [0.15, 0.2) is 70.3 Å². The summed E-state index contributed by atoms with van der Waals surface area (Å²) in [6.07, 6.45) is 1.38. The molecule has 0 aliphatic heterocycles. The summed E-state index contributed by atoms with van der Waals surface area (Å²) in [6, 6.07) is 18.6. The van der Waals surface area contributed by atoms with E-state index in [1.807, 2.05) is 67.6 Å². The first-order chi connectivity index (χ1) is 14.0. The van der Waals surface area contributed by atoms with Crippen molar-refractivity contribution in [2.75, 3.05) is 0 Å². The van der Waals surface area contributed by atoms with E-state index in [4.69, 9.17) is 11.5 Å². The third-order valence-corrected chi connectivity index (χ3v) is 5.12. The van der Waals surface area contributed by atoms with Gasteiger partial charge in [-0.2, -0.15) is 0 Å². The van der Waals surface area contributed by atoms with E-state index in [-0.39, 0.29) is 17.6 Å². The van der Waals surface area contributed by atoms with Crippen LogP contribution in [0.25, 0.3) is 0 Å². The van der Waals surface area contributed by atoms with Gasteiger partial charge in [0.05, 0.1) is 0 Å². The average molecular weight is 393 g/mol. The lowest BCUT2D eigenvalue weighted by molar-refractivity contribution is 0.579. The second-order valence-corrected chi connectivity index (χ2v) is 7.29. The molecule has 0 aliphatic rings. The molecule has 2 unspecified atom stereocenters. The molecular formula is C23H28N4O2.